The van der Waals surface area contributed by atoms with E-state index in [1.54, 1.807) is 14.2 Å². The molecule has 0 aliphatic carbocycles. The van der Waals surface area contributed by atoms with Crippen molar-refractivity contribution < 1.29 is 9.47 Å². The van der Waals surface area contributed by atoms with Crippen LogP contribution < -0.4 is 14.8 Å². The second kappa shape index (κ2) is 7.65. The van der Waals surface area contributed by atoms with Crippen LogP contribution >= 0.6 is 0 Å². The number of rotatable bonds is 6. The van der Waals surface area contributed by atoms with Crippen molar-refractivity contribution >= 4 is 5.95 Å². The van der Waals surface area contributed by atoms with Gasteiger partial charge in [0, 0.05) is 31.7 Å². The number of benzene rings is 1. The SMILES string of the molecule is COc1cc(CN2CCC(Nc3nnc(C)c(C)n3)C2)cc(OC)c1. The normalized spacial score (nSPS) is 17.5. The van der Waals surface area contributed by atoms with Crippen molar-refractivity contribution in [1.82, 2.24) is 20.1 Å². The molecule has 1 aromatic heterocycles. The van der Waals surface area contributed by atoms with E-state index < -0.39 is 0 Å². The highest BCUT2D eigenvalue weighted by molar-refractivity contribution is 5.38. The first-order valence-corrected chi connectivity index (χ1v) is 8.46. The minimum Gasteiger partial charge on any atom is -0.497 e. The predicted octanol–water partition coefficient (Wildman–Crippen LogP) is 2.19. The fraction of sp³-hybridized carbons (Fsp3) is 0.500. The summed E-state index contributed by atoms with van der Waals surface area (Å²) < 4.78 is 10.7. The van der Waals surface area contributed by atoms with Gasteiger partial charge in [0.1, 0.15) is 11.5 Å². The molecule has 1 fully saturated rings. The molecule has 1 aromatic carbocycles. The molecule has 2 aromatic rings. The van der Waals surface area contributed by atoms with Gasteiger partial charge < -0.3 is 14.8 Å². The van der Waals surface area contributed by atoms with Gasteiger partial charge in [-0.2, -0.15) is 5.10 Å². The highest BCUT2D eigenvalue weighted by Crippen LogP contribution is 2.24. The van der Waals surface area contributed by atoms with E-state index in [0.29, 0.717) is 12.0 Å². The maximum Gasteiger partial charge on any atom is 0.243 e. The van der Waals surface area contributed by atoms with Crippen LogP contribution in [0, 0.1) is 13.8 Å². The molecule has 1 saturated heterocycles. The Hall–Kier alpha value is -2.41. The lowest BCUT2D eigenvalue weighted by Gasteiger charge is -2.18. The summed E-state index contributed by atoms with van der Waals surface area (Å²) in [4.78, 5) is 6.86. The summed E-state index contributed by atoms with van der Waals surface area (Å²) in [7, 11) is 3.35. The lowest BCUT2D eigenvalue weighted by atomic mass is 10.2. The lowest BCUT2D eigenvalue weighted by Crippen LogP contribution is -2.27. The van der Waals surface area contributed by atoms with Crippen molar-refractivity contribution in [2.75, 3.05) is 32.6 Å². The standard InChI is InChI=1S/C18H25N5O2/c1-12-13(2)21-22-18(19-12)20-15-5-6-23(11-15)10-14-7-16(24-3)9-17(8-14)25-4/h7-9,15H,5-6,10-11H2,1-4H3,(H,19,20,22). The molecule has 1 aliphatic heterocycles. The third-order valence-electron chi connectivity index (χ3n) is 4.51. The molecule has 0 radical (unpaired) electrons. The number of nitrogens with zero attached hydrogens (tertiary/aromatic N) is 4. The van der Waals surface area contributed by atoms with Crippen LogP contribution in [0.3, 0.4) is 0 Å². The van der Waals surface area contributed by atoms with Crippen LogP contribution in [0.5, 0.6) is 11.5 Å². The largest absolute Gasteiger partial charge is 0.497 e. The summed E-state index contributed by atoms with van der Waals surface area (Å²) in [6.45, 7) is 6.69. The van der Waals surface area contributed by atoms with Crippen LogP contribution in [0.2, 0.25) is 0 Å². The van der Waals surface area contributed by atoms with E-state index in [1.165, 1.54) is 5.56 Å². The Bertz CT molecular complexity index is 715. The highest BCUT2D eigenvalue weighted by Gasteiger charge is 2.23. The van der Waals surface area contributed by atoms with E-state index in [2.05, 4.69) is 37.5 Å². The van der Waals surface area contributed by atoms with E-state index in [0.717, 1.165) is 48.9 Å². The Morgan fingerprint density at radius 2 is 1.80 bits per heavy atom. The molecule has 2 heterocycles. The van der Waals surface area contributed by atoms with Gasteiger partial charge in [-0.1, -0.05) is 0 Å². The summed E-state index contributed by atoms with van der Waals surface area (Å²) in [5, 5.41) is 11.7. The zero-order chi connectivity index (χ0) is 17.8. The Morgan fingerprint density at radius 1 is 1.08 bits per heavy atom. The van der Waals surface area contributed by atoms with E-state index in [4.69, 9.17) is 9.47 Å². The van der Waals surface area contributed by atoms with Gasteiger partial charge in [-0.25, -0.2) is 4.98 Å². The number of likely N-dealkylation sites (tertiary alicyclic amines) is 1. The molecule has 0 saturated carbocycles. The third-order valence-corrected chi connectivity index (χ3v) is 4.51. The van der Waals surface area contributed by atoms with Crippen LogP contribution in [0.25, 0.3) is 0 Å². The number of ether oxygens (including phenoxy) is 2. The summed E-state index contributed by atoms with van der Waals surface area (Å²) in [6.07, 6.45) is 1.05. The van der Waals surface area contributed by atoms with Crippen molar-refractivity contribution in [2.24, 2.45) is 0 Å². The zero-order valence-electron chi connectivity index (χ0n) is 15.2. The molecule has 3 rings (SSSR count). The van der Waals surface area contributed by atoms with E-state index in [-0.39, 0.29) is 0 Å². The number of hydrogen-bond acceptors (Lipinski definition) is 7. The number of aryl methyl sites for hydroxylation is 2. The van der Waals surface area contributed by atoms with Gasteiger partial charge in [-0.3, -0.25) is 4.90 Å². The van der Waals surface area contributed by atoms with Crippen molar-refractivity contribution in [3.05, 3.63) is 35.2 Å². The highest BCUT2D eigenvalue weighted by atomic mass is 16.5. The fourth-order valence-electron chi connectivity index (χ4n) is 3.01. The first-order chi connectivity index (χ1) is 12.1. The lowest BCUT2D eigenvalue weighted by molar-refractivity contribution is 0.326. The minimum atomic E-state index is 0.330. The second-order valence-corrected chi connectivity index (χ2v) is 6.39. The molecule has 7 nitrogen and oxygen atoms in total. The Kier molecular flexibility index (Phi) is 5.33. The van der Waals surface area contributed by atoms with E-state index in [1.807, 2.05) is 19.9 Å². The average molecular weight is 343 g/mol. The molecule has 0 amide bonds. The van der Waals surface area contributed by atoms with Gasteiger partial charge in [-0.05, 0) is 38.0 Å². The van der Waals surface area contributed by atoms with Crippen molar-refractivity contribution in [2.45, 2.75) is 32.9 Å². The number of aromatic nitrogens is 3. The molecule has 7 heteroatoms. The molecule has 1 unspecified atom stereocenters. The first-order valence-electron chi connectivity index (χ1n) is 8.46. The second-order valence-electron chi connectivity index (χ2n) is 6.39. The van der Waals surface area contributed by atoms with Crippen molar-refractivity contribution in [3.8, 4) is 11.5 Å². The van der Waals surface area contributed by atoms with Crippen LogP contribution in [0.1, 0.15) is 23.4 Å². The van der Waals surface area contributed by atoms with Gasteiger partial charge in [0.15, 0.2) is 0 Å². The van der Waals surface area contributed by atoms with Gasteiger partial charge in [0.05, 0.1) is 25.6 Å². The Balaban J connectivity index is 1.60. The molecule has 25 heavy (non-hydrogen) atoms. The fourth-order valence-corrected chi connectivity index (χ4v) is 3.01. The number of methoxy groups -OCH3 is 2. The molecule has 1 atom stereocenters. The molecule has 0 bridgehead atoms. The average Bonchev–Trinajstić information content (AvgIpc) is 3.04. The first kappa shape index (κ1) is 17.4. The third kappa shape index (κ3) is 4.36. The summed E-state index contributed by atoms with van der Waals surface area (Å²) >= 11 is 0. The molecule has 0 spiro atoms. The summed E-state index contributed by atoms with van der Waals surface area (Å²) in [5.41, 5.74) is 2.96. The van der Waals surface area contributed by atoms with Crippen LogP contribution in [0.4, 0.5) is 5.95 Å². The zero-order valence-corrected chi connectivity index (χ0v) is 15.2. The maximum atomic E-state index is 5.35. The van der Waals surface area contributed by atoms with Crippen LogP contribution in [0.15, 0.2) is 18.2 Å². The molecule has 1 aliphatic rings. The quantitative estimate of drug-likeness (QED) is 0.862. The summed E-state index contributed by atoms with van der Waals surface area (Å²) in [6, 6.07) is 6.33. The van der Waals surface area contributed by atoms with Gasteiger partial charge in [0.2, 0.25) is 5.95 Å². The van der Waals surface area contributed by atoms with Crippen LogP contribution in [-0.2, 0) is 6.54 Å². The smallest absolute Gasteiger partial charge is 0.243 e. The van der Waals surface area contributed by atoms with E-state index in [9.17, 15) is 0 Å². The Morgan fingerprint density at radius 3 is 2.44 bits per heavy atom. The maximum absolute atomic E-state index is 5.35. The molecular weight excluding hydrogens is 318 g/mol. The van der Waals surface area contributed by atoms with Gasteiger partial charge >= 0.3 is 0 Å². The van der Waals surface area contributed by atoms with Gasteiger partial charge in [0.25, 0.3) is 0 Å². The molecule has 134 valence electrons. The van der Waals surface area contributed by atoms with Gasteiger partial charge in [-0.15, -0.1) is 5.10 Å². The Labute approximate surface area is 148 Å². The topological polar surface area (TPSA) is 72.4 Å². The summed E-state index contributed by atoms with van der Waals surface area (Å²) in [5.74, 6) is 2.24. The molecule has 1 N–H and O–H groups in total. The van der Waals surface area contributed by atoms with Crippen molar-refractivity contribution in [3.63, 3.8) is 0 Å². The predicted molar refractivity (Wildman–Crippen MR) is 96.2 cm³/mol. The minimum absolute atomic E-state index is 0.330. The van der Waals surface area contributed by atoms with Crippen molar-refractivity contribution in [1.29, 1.82) is 0 Å². The number of hydrogen-bond donors (Lipinski definition) is 1. The number of anilines is 1. The monoisotopic (exact) mass is 343 g/mol. The number of nitrogens with one attached hydrogen (secondary N) is 1. The van der Waals surface area contributed by atoms with E-state index >= 15 is 0 Å². The molecular formula is C18H25N5O2. The van der Waals surface area contributed by atoms with Crippen LogP contribution in [-0.4, -0.2) is 53.4 Å².